The van der Waals surface area contributed by atoms with Crippen LogP contribution >= 0.6 is 0 Å². The first-order chi connectivity index (χ1) is 12.4. The minimum atomic E-state index is -0.408. The predicted octanol–water partition coefficient (Wildman–Crippen LogP) is 4.95. The second-order valence-electron chi connectivity index (χ2n) is 6.32. The lowest BCUT2D eigenvalue weighted by Gasteiger charge is -2.12. The average Bonchev–Trinajstić information content (AvgIpc) is 2.61. The van der Waals surface area contributed by atoms with Gasteiger partial charge >= 0.3 is 0 Å². The molecule has 4 heteroatoms. The van der Waals surface area contributed by atoms with Crippen molar-refractivity contribution in [2.24, 2.45) is 0 Å². The third-order valence-electron chi connectivity index (χ3n) is 3.94. The quantitative estimate of drug-likeness (QED) is 0.594. The van der Waals surface area contributed by atoms with Crippen molar-refractivity contribution in [3.8, 4) is 11.8 Å². The van der Waals surface area contributed by atoms with E-state index in [9.17, 15) is 10.1 Å². The highest BCUT2D eigenvalue weighted by atomic mass is 16.5. The SMILES string of the molecule is CCCOc1ccc(C=C(C#N)C(=O)Nc2c(C)cc(C)cc2C)cc1. The molecular formula is C22H24N2O2. The predicted molar refractivity (Wildman–Crippen MR) is 105 cm³/mol. The number of nitriles is 1. The minimum Gasteiger partial charge on any atom is -0.494 e. The molecular weight excluding hydrogens is 324 g/mol. The van der Waals surface area contributed by atoms with Crippen molar-refractivity contribution in [2.75, 3.05) is 11.9 Å². The number of benzene rings is 2. The summed E-state index contributed by atoms with van der Waals surface area (Å²) in [4.78, 5) is 12.5. The summed E-state index contributed by atoms with van der Waals surface area (Å²) in [6.07, 6.45) is 2.52. The summed E-state index contributed by atoms with van der Waals surface area (Å²) in [6, 6.07) is 13.3. The molecule has 26 heavy (non-hydrogen) atoms. The number of carbonyl (C=O) groups excluding carboxylic acids is 1. The molecule has 0 bridgehead atoms. The highest BCUT2D eigenvalue weighted by Crippen LogP contribution is 2.23. The van der Waals surface area contributed by atoms with E-state index < -0.39 is 5.91 Å². The Hall–Kier alpha value is -3.06. The van der Waals surface area contributed by atoms with Gasteiger partial charge in [0.05, 0.1) is 6.61 Å². The summed E-state index contributed by atoms with van der Waals surface area (Å²) >= 11 is 0. The maximum atomic E-state index is 12.5. The smallest absolute Gasteiger partial charge is 0.266 e. The summed E-state index contributed by atoms with van der Waals surface area (Å²) in [5.74, 6) is 0.367. The Labute approximate surface area is 155 Å². The third kappa shape index (κ3) is 4.97. The normalized spacial score (nSPS) is 11.0. The van der Waals surface area contributed by atoms with Crippen molar-refractivity contribution in [1.29, 1.82) is 5.26 Å². The molecule has 0 aromatic heterocycles. The molecule has 2 rings (SSSR count). The summed E-state index contributed by atoms with van der Waals surface area (Å²) in [7, 11) is 0. The van der Waals surface area contributed by atoms with Gasteiger partial charge in [0, 0.05) is 5.69 Å². The standard InChI is InChI=1S/C22H24N2O2/c1-5-10-26-20-8-6-18(7-9-20)13-19(14-23)22(25)24-21-16(3)11-15(2)12-17(21)4/h6-9,11-13H,5,10H2,1-4H3,(H,24,25). The van der Waals surface area contributed by atoms with Gasteiger partial charge in [-0.3, -0.25) is 4.79 Å². The topological polar surface area (TPSA) is 62.1 Å². The van der Waals surface area contributed by atoms with Crippen LogP contribution in [0.2, 0.25) is 0 Å². The molecule has 0 heterocycles. The summed E-state index contributed by atoms with van der Waals surface area (Å²) in [6.45, 7) is 8.61. The number of carbonyl (C=O) groups is 1. The van der Waals surface area contributed by atoms with Crippen molar-refractivity contribution in [2.45, 2.75) is 34.1 Å². The molecule has 0 saturated heterocycles. The van der Waals surface area contributed by atoms with Crippen LogP contribution in [0.25, 0.3) is 6.08 Å². The Morgan fingerprint density at radius 1 is 1.15 bits per heavy atom. The van der Waals surface area contributed by atoms with Crippen LogP contribution in [0, 0.1) is 32.1 Å². The van der Waals surface area contributed by atoms with Gasteiger partial charge in [0.15, 0.2) is 0 Å². The van der Waals surface area contributed by atoms with Crippen LogP contribution in [-0.2, 0) is 4.79 Å². The molecule has 0 saturated carbocycles. The van der Waals surface area contributed by atoms with E-state index in [4.69, 9.17) is 4.74 Å². The van der Waals surface area contributed by atoms with Crippen molar-refractivity contribution in [3.63, 3.8) is 0 Å². The zero-order valence-electron chi connectivity index (χ0n) is 15.7. The molecule has 0 aliphatic carbocycles. The first kappa shape index (κ1) is 19.3. The number of amides is 1. The van der Waals surface area contributed by atoms with Gasteiger partial charge in [0.25, 0.3) is 5.91 Å². The molecule has 0 atom stereocenters. The Kier molecular flexibility index (Phi) is 6.57. The molecule has 1 N–H and O–H groups in total. The lowest BCUT2D eigenvalue weighted by atomic mass is 10.0. The first-order valence-electron chi connectivity index (χ1n) is 8.68. The van der Waals surface area contributed by atoms with Gasteiger partial charge in [-0.05, 0) is 62.1 Å². The van der Waals surface area contributed by atoms with Gasteiger partial charge in [0.2, 0.25) is 0 Å². The van der Waals surface area contributed by atoms with Crippen LogP contribution < -0.4 is 10.1 Å². The van der Waals surface area contributed by atoms with E-state index in [1.807, 2.05) is 70.2 Å². The Balaban J connectivity index is 2.18. The molecule has 134 valence electrons. The Morgan fingerprint density at radius 3 is 2.31 bits per heavy atom. The van der Waals surface area contributed by atoms with Crippen LogP contribution in [0.15, 0.2) is 42.0 Å². The fraction of sp³-hybridized carbons (Fsp3) is 0.273. The lowest BCUT2D eigenvalue weighted by Crippen LogP contribution is -2.15. The molecule has 4 nitrogen and oxygen atoms in total. The molecule has 0 aliphatic heterocycles. The molecule has 1 amide bonds. The zero-order chi connectivity index (χ0) is 19.1. The van der Waals surface area contributed by atoms with E-state index in [2.05, 4.69) is 5.32 Å². The lowest BCUT2D eigenvalue weighted by molar-refractivity contribution is -0.112. The number of aryl methyl sites for hydroxylation is 3. The van der Waals surface area contributed by atoms with Gasteiger partial charge in [-0.25, -0.2) is 0 Å². The van der Waals surface area contributed by atoms with Crippen LogP contribution in [0.5, 0.6) is 5.75 Å². The number of nitrogens with zero attached hydrogens (tertiary/aromatic N) is 1. The van der Waals surface area contributed by atoms with Crippen molar-refractivity contribution in [1.82, 2.24) is 0 Å². The summed E-state index contributed by atoms with van der Waals surface area (Å²) in [5.41, 5.74) is 4.69. The van der Waals surface area contributed by atoms with Crippen molar-refractivity contribution < 1.29 is 9.53 Å². The molecule has 0 unspecified atom stereocenters. The number of hydrogen-bond acceptors (Lipinski definition) is 3. The first-order valence-corrected chi connectivity index (χ1v) is 8.68. The zero-order valence-corrected chi connectivity index (χ0v) is 15.7. The van der Waals surface area contributed by atoms with E-state index in [0.29, 0.717) is 6.61 Å². The summed E-state index contributed by atoms with van der Waals surface area (Å²) < 4.78 is 5.54. The van der Waals surface area contributed by atoms with Crippen LogP contribution in [0.3, 0.4) is 0 Å². The minimum absolute atomic E-state index is 0.0617. The maximum Gasteiger partial charge on any atom is 0.266 e. The second-order valence-corrected chi connectivity index (χ2v) is 6.32. The van der Waals surface area contributed by atoms with Crippen LogP contribution in [-0.4, -0.2) is 12.5 Å². The third-order valence-corrected chi connectivity index (χ3v) is 3.94. The van der Waals surface area contributed by atoms with E-state index >= 15 is 0 Å². The van der Waals surface area contributed by atoms with Gasteiger partial charge < -0.3 is 10.1 Å². The van der Waals surface area contributed by atoms with Gasteiger partial charge in [-0.1, -0.05) is 36.8 Å². The van der Waals surface area contributed by atoms with E-state index in [1.165, 1.54) is 0 Å². The average molecular weight is 348 g/mol. The molecule has 0 fully saturated rings. The van der Waals surface area contributed by atoms with E-state index in [0.717, 1.165) is 40.1 Å². The van der Waals surface area contributed by atoms with Crippen LogP contribution in [0.4, 0.5) is 5.69 Å². The number of ether oxygens (including phenoxy) is 1. The number of nitrogens with one attached hydrogen (secondary N) is 1. The van der Waals surface area contributed by atoms with Gasteiger partial charge in [0.1, 0.15) is 17.4 Å². The van der Waals surface area contributed by atoms with Gasteiger partial charge in [-0.15, -0.1) is 0 Å². The van der Waals surface area contributed by atoms with E-state index in [1.54, 1.807) is 6.08 Å². The highest BCUT2D eigenvalue weighted by molar-refractivity contribution is 6.10. The largest absolute Gasteiger partial charge is 0.494 e. The maximum absolute atomic E-state index is 12.5. The number of hydrogen-bond donors (Lipinski definition) is 1. The fourth-order valence-corrected chi connectivity index (χ4v) is 2.75. The number of rotatable bonds is 6. The molecule has 0 aliphatic rings. The fourth-order valence-electron chi connectivity index (χ4n) is 2.75. The van der Waals surface area contributed by atoms with E-state index in [-0.39, 0.29) is 5.57 Å². The Morgan fingerprint density at radius 2 is 1.77 bits per heavy atom. The van der Waals surface area contributed by atoms with Gasteiger partial charge in [-0.2, -0.15) is 5.26 Å². The Bertz CT molecular complexity index is 836. The second kappa shape index (κ2) is 8.87. The monoisotopic (exact) mass is 348 g/mol. The molecule has 2 aromatic rings. The summed E-state index contributed by atoms with van der Waals surface area (Å²) in [5, 5.41) is 12.2. The van der Waals surface area contributed by atoms with Crippen molar-refractivity contribution in [3.05, 3.63) is 64.2 Å². The van der Waals surface area contributed by atoms with Crippen molar-refractivity contribution >= 4 is 17.7 Å². The molecule has 0 radical (unpaired) electrons. The number of anilines is 1. The highest BCUT2D eigenvalue weighted by Gasteiger charge is 2.13. The van der Waals surface area contributed by atoms with Crippen LogP contribution in [0.1, 0.15) is 35.6 Å². The molecule has 0 spiro atoms. The molecule has 2 aromatic carbocycles.